The van der Waals surface area contributed by atoms with Gasteiger partial charge in [-0.15, -0.1) is 0 Å². The van der Waals surface area contributed by atoms with E-state index in [0.29, 0.717) is 5.02 Å². The molecule has 2 aromatic rings. The molecule has 2 rings (SSSR count). The van der Waals surface area contributed by atoms with Gasteiger partial charge in [0.05, 0.1) is 5.02 Å². The van der Waals surface area contributed by atoms with Gasteiger partial charge in [0, 0.05) is 34.2 Å². The minimum absolute atomic E-state index is 0.0339. The largest absolute Gasteiger partial charge is 0.550 e. The number of hydrogen-bond acceptors (Lipinski definition) is 4. The molecule has 0 bridgehead atoms. The highest BCUT2D eigenvalue weighted by Gasteiger charge is 2.19. The fourth-order valence-electron chi connectivity index (χ4n) is 1.98. The molecule has 0 atom stereocenters. The maximum absolute atomic E-state index is 13.6. The molecule has 7 heteroatoms. The third-order valence-electron chi connectivity index (χ3n) is 2.99. The van der Waals surface area contributed by atoms with E-state index in [9.17, 15) is 19.1 Å². The molecule has 0 heterocycles. The summed E-state index contributed by atoms with van der Waals surface area (Å²) in [6.07, 6.45) is -0.599. The lowest BCUT2D eigenvalue weighted by Crippen LogP contribution is -2.25. The smallest absolute Gasteiger partial charge is 0.196 e. The Hall–Kier alpha value is -2.11. The summed E-state index contributed by atoms with van der Waals surface area (Å²) in [6.45, 7) is 0. The molecule has 0 amide bonds. The number of benzene rings is 2. The van der Waals surface area contributed by atoms with E-state index in [4.69, 9.17) is 28.9 Å². The molecular weight excluding hydrogens is 332 g/mol. The van der Waals surface area contributed by atoms with Crippen LogP contribution in [0.3, 0.4) is 0 Å². The van der Waals surface area contributed by atoms with Crippen molar-refractivity contribution in [2.24, 2.45) is 0 Å². The van der Waals surface area contributed by atoms with Gasteiger partial charge < -0.3 is 15.6 Å². The monoisotopic (exact) mass is 340 g/mol. The Morgan fingerprint density at radius 2 is 1.82 bits per heavy atom. The lowest BCUT2D eigenvalue weighted by atomic mass is 9.97. The summed E-state index contributed by atoms with van der Waals surface area (Å²) in [5, 5.41) is 11.1. The van der Waals surface area contributed by atoms with Crippen LogP contribution >= 0.6 is 23.2 Å². The van der Waals surface area contributed by atoms with Crippen LogP contribution in [0.4, 0.5) is 10.1 Å². The third-order valence-corrected chi connectivity index (χ3v) is 3.53. The van der Waals surface area contributed by atoms with Gasteiger partial charge in [0.25, 0.3) is 0 Å². The van der Waals surface area contributed by atoms with E-state index >= 15 is 0 Å². The molecule has 2 N–H and O–H groups in total. The zero-order valence-electron chi connectivity index (χ0n) is 11.0. The minimum atomic E-state index is -1.43. The van der Waals surface area contributed by atoms with Crippen LogP contribution in [0.2, 0.25) is 10.0 Å². The van der Waals surface area contributed by atoms with E-state index < -0.39 is 24.0 Å². The number of rotatable bonds is 4. The van der Waals surface area contributed by atoms with E-state index in [1.165, 1.54) is 18.2 Å². The standard InChI is InChI=1S/C15H10Cl2FNO3/c16-8-1-2-10(12(17)5-8)15(22)11-6-9(18)3-7(14(11)19)4-13(20)21/h1-3,5-6H,4,19H2,(H,20,21)/p-1. The molecule has 2 aromatic carbocycles. The Morgan fingerprint density at radius 1 is 1.14 bits per heavy atom. The number of carboxylic acids is 1. The molecule has 0 aliphatic carbocycles. The van der Waals surface area contributed by atoms with E-state index in [1.54, 1.807) is 0 Å². The van der Waals surface area contributed by atoms with Crippen LogP contribution in [-0.2, 0) is 11.2 Å². The molecule has 0 spiro atoms. The molecule has 0 saturated carbocycles. The van der Waals surface area contributed by atoms with Crippen LogP contribution < -0.4 is 10.8 Å². The quantitative estimate of drug-likeness (QED) is 0.683. The van der Waals surface area contributed by atoms with Gasteiger partial charge in [-0.2, -0.15) is 0 Å². The van der Waals surface area contributed by atoms with Gasteiger partial charge in [-0.05, 0) is 35.9 Å². The van der Waals surface area contributed by atoms with Crippen molar-refractivity contribution in [3.05, 3.63) is 62.9 Å². The molecule has 0 aliphatic heterocycles. The van der Waals surface area contributed by atoms with Crippen molar-refractivity contribution in [2.75, 3.05) is 5.73 Å². The van der Waals surface area contributed by atoms with E-state index in [-0.39, 0.29) is 27.4 Å². The predicted octanol–water partition coefficient (Wildman–Crippen LogP) is 2.24. The minimum Gasteiger partial charge on any atom is -0.550 e. The maximum Gasteiger partial charge on any atom is 0.196 e. The molecule has 22 heavy (non-hydrogen) atoms. The van der Waals surface area contributed by atoms with Crippen molar-refractivity contribution < 1.29 is 19.1 Å². The summed E-state index contributed by atoms with van der Waals surface area (Å²) in [5.74, 6) is -2.84. The van der Waals surface area contributed by atoms with E-state index in [0.717, 1.165) is 12.1 Å². The van der Waals surface area contributed by atoms with Gasteiger partial charge in [-0.25, -0.2) is 4.39 Å². The van der Waals surface area contributed by atoms with Crippen LogP contribution in [0.5, 0.6) is 0 Å². The normalized spacial score (nSPS) is 10.5. The fraction of sp³-hybridized carbons (Fsp3) is 0.0667. The molecular formula is C15H9Cl2FNO3-. The second-order valence-electron chi connectivity index (χ2n) is 4.53. The van der Waals surface area contributed by atoms with Gasteiger partial charge in [0.2, 0.25) is 0 Å². The highest BCUT2D eigenvalue weighted by Crippen LogP contribution is 2.27. The molecule has 0 radical (unpaired) electrons. The lowest BCUT2D eigenvalue weighted by molar-refractivity contribution is -0.304. The number of halogens is 3. The number of ketones is 1. The van der Waals surface area contributed by atoms with Crippen molar-refractivity contribution in [1.29, 1.82) is 0 Å². The molecule has 4 nitrogen and oxygen atoms in total. The lowest BCUT2D eigenvalue weighted by Gasteiger charge is -2.12. The number of carbonyl (C=O) groups excluding carboxylic acids is 2. The Balaban J connectivity index is 2.54. The first-order valence-corrected chi connectivity index (χ1v) is 6.82. The average Bonchev–Trinajstić information content (AvgIpc) is 2.41. The zero-order chi connectivity index (χ0) is 16.4. The predicted molar refractivity (Wildman–Crippen MR) is 79.4 cm³/mol. The first-order valence-electron chi connectivity index (χ1n) is 6.07. The number of anilines is 1. The number of hydrogen-bond donors (Lipinski definition) is 1. The highest BCUT2D eigenvalue weighted by atomic mass is 35.5. The van der Waals surface area contributed by atoms with Gasteiger partial charge in [-0.1, -0.05) is 23.2 Å². The molecule has 0 fully saturated rings. The summed E-state index contributed by atoms with van der Waals surface area (Å²) < 4.78 is 13.6. The SMILES string of the molecule is Nc1c(CC(=O)[O-])cc(F)cc1C(=O)c1ccc(Cl)cc1Cl. The van der Waals surface area contributed by atoms with E-state index in [1.807, 2.05) is 0 Å². The van der Waals surface area contributed by atoms with Crippen molar-refractivity contribution in [1.82, 2.24) is 0 Å². The summed E-state index contributed by atoms with van der Waals surface area (Å²) in [6, 6.07) is 6.09. The number of carboxylic acid groups (broad SMARTS) is 1. The van der Waals surface area contributed by atoms with Gasteiger partial charge in [0.15, 0.2) is 5.78 Å². The second-order valence-corrected chi connectivity index (χ2v) is 5.37. The van der Waals surface area contributed by atoms with Crippen LogP contribution in [0.25, 0.3) is 0 Å². The number of nitrogen functional groups attached to an aromatic ring is 1. The molecule has 114 valence electrons. The Bertz CT molecular complexity index is 778. The van der Waals surface area contributed by atoms with Crippen molar-refractivity contribution in [2.45, 2.75) is 6.42 Å². The third kappa shape index (κ3) is 3.37. The zero-order valence-corrected chi connectivity index (χ0v) is 12.5. The first kappa shape index (κ1) is 16.3. The number of carbonyl (C=O) groups is 2. The summed E-state index contributed by atoms with van der Waals surface area (Å²) >= 11 is 11.7. The fourth-order valence-corrected chi connectivity index (χ4v) is 2.48. The average molecular weight is 341 g/mol. The maximum atomic E-state index is 13.6. The topological polar surface area (TPSA) is 83.2 Å². The van der Waals surface area contributed by atoms with Crippen molar-refractivity contribution in [3.8, 4) is 0 Å². The summed E-state index contributed by atoms with van der Waals surface area (Å²) in [5.41, 5.74) is 5.53. The highest BCUT2D eigenvalue weighted by molar-refractivity contribution is 6.37. The summed E-state index contributed by atoms with van der Waals surface area (Å²) in [7, 11) is 0. The van der Waals surface area contributed by atoms with Crippen LogP contribution in [-0.4, -0.2) is 11.8 Å². The molecule has 0 aromatic heterocycles. The number of nitrogens with two attached hydrogens (primary N) is 1. The van der Waals surface area contributed by atoms with Gasteiger partial charge >= 0.3 is 0 Å². The van der Waals surface area contributed by atoms with Crippen LogP contribution in [0.15, 0.2) is 30.3 Å². The van der Waals surface area contributed by atoms with E-state index in [2.05, 4.69) is 0 Å². The molecule has 0 unspecified atom stereocenters. The molecule has 0 aliphatic rings. The van der Waals surface area contributed by atoms with Crippen LogP contribution in [0, 0.1) is 5.82 Å². The van der Waals surface area contributed by atoms with Gasteiger partial charge in [-0.3, -0.25) is 4.79 Å². The molecule has 0 saturated heterocycles. The number of aliphatic carboxylic acids is 1. The van der Waals surface area contributed by atoms with Gasteiger partial charge in [0.1, 0.15) is 5.82 Å². The first-order chi connectivity index (χ1) is 10.3. The van der Waals surface area contributed by atoms with Crippen LogP contribution in [0.1, 0.15) is 21.5 Å². The Kier molecular flexibility index (Phi) is 4.68. The summed E-state index contributed by atoms with van der Waals surface area (Å²) in [4.78, 5) is 23.1. The Labute approximate surface area is 135 Å². The van der Waals surface area contributed by atoms with Crippen molar-refractivity contribution >= 4 is 40.6 Å². The Morgan fingerprint density at radius 3 is 2.41 bits per heavy atom. The second kappa shape index (κ2) is 6.34. The van der Waals surface area contributed by atoms with Crippen molar-refractivity contribution in [3.63, 3.8) is 0 Å².